The zero-order valence-electron chi connectivity index (χ0n) is 10.6. The summed E-state index contributed by atoms with van der Waals surface area (Å²) in [6.45, 7) is 2.19. The van der Waals surface area contributed by atoms with Gasteiger partial charge in [-0.3, -0.25) is 4.79 Å². The Morgan fingerprint density at radius 1 is 1.47 bits per heavy atom. The number of nitrogens with one attached hydrogen (secondary N) is 1. The van der Waals surface area contributed by atoms with Gasteiger partial charge >= 0.3 is 0 Å². The van der Waals surface area contributed by atoms with E-state index < -0.39 is 5.92 Å². The number of carbonyl (C=O) groups is 1. The molecule has 0 radical (unpaired) electrons. The van der Waals surface area contributed by atoms with Gasteiger partial charge in [-0.05, 0) is 18.6 Å². The van der Waals surface area contributed by atoms with Gasteiger partial charge < -0.3 is 20.5 Å². The van der Waals surface area contributed by atoms with Gasteiger partial charge in [-0.15, -0.1) is 0 Å². The lowest BCUT2D eigenvalue weighted by molar-refractivity contribution is -0.118. The van der Waals surface area contributed by atoms with Crippen molar-refractivity contribution in [1.82, 2.24) is 0 Å². The highest BCUT2D eigenvalue weighted by molar-refractivity contribution is 7.80. The zero-order valence-corrected chi connectivity index (χ0v) is 11.5. The minimum Gasteiger partial charge on any atom is -0.454 e. The maximum absolute atomic E-state index is 12.1. The molecule has 3 N–H and O–H groups in total. The summed E-state index contributed by atoms with van der Waals surface area (Å²) in [7, 11) is 0. The van der Waals surface area contributed by atoms with Crippen LogP contribution in [-0.4, -0.2) is 17.7 Å². The Labute approximate surface area is 117 Å². The fourth-order valence-corrected chi connectivity index (χ4v) is 2.12. The van der Waals surface area contributed by atoms with E-state index in [0.29, 0.717) is 23.6 Å². The van der Waals surface area contributed by atoms with Crippen LogP contribution in [-0.2, 0) is 4.79 Å². The first-order valence-electron chi connectivity index (χ1n) is 6.11. The van der Waals surface area contributed by atoms with Crippen LogP contribution in [0.5, 0.6) is 11.5 Å². The molecular formula is C13H16N2O3S. The topological polar surface area (TPSA) is 73.6 Å². The number of benzene rings is 1. The molecule has 2 rings (SSSR count). The van der Waals surface area contributed by atoms with Gasteiger partial charge in [0.15, 0.2) is 11.5 Å². The number of hydrogen-bond acceptors (Lipinski definition) is 4. The molecule has 0 bridgehead atoms. The summed E-state index contributed by atoms with van der Waals surface area (Å²) in [4.78, 5) is 12.3. The van der Waals surface area contributed by atoms with Gasteiger partial charge in [-0.25, -0.2) is 0 Å². The number of fused-ring (bicyclic) bond motifs is 1. The summed E-state index contributed by atoms with van der Waals surface area (Å²) in [6.07, 6.45) is 1.49. The van der Waals surface area contributed by atoms with Gasteiger partial charge in [-0.1, -0.05) is 25.6 Å². The van der Waals surface area contributed by atoms with E-state index in [2.05, 4.69) is 5.32 Å². The Morgan fingerprint density at radius 2 is 2.21 bits per heavy atom. The van der Waals surface area contributed by atoms with Gasteiger partial charge in [-0.2, -0.15) is 0 Å². The Bertz CT molecular complexity index is 505. The van der Waals surface area contributed by atoms with Gasteiger partial charge in [0.25, 0.3) is 0 Å². The third-order valence-electron chi connectivity index (χ3n) is 2.88. The van der Waals surface area contributed by atoms with Crippen molar-refractivity contribution in [3.8, 4) is 11.5 Å². The van der Waals surface area contributed by atoms with Crippen LogP contribution in [0.4, 0.5) is 5.69 Å². The second-order valence-electron chi connectivity index (χ2n) is 4.30. The third kappa shape index (κ3) is 3.14. The van der Waals surface area contributed by atoms with Crippen LogP contribution in [0.3, 0.4) is 0 Å². The van der Waals surface area contributed by atoms with Crippen molar-refractivity contribution in [1.29, 1.82) is 0 Å². The molecule has 1 unspecified atom stereocenters. The molecule has 0 fully saturated rings. The Kier molecular flexibility index (Phi) is 4.21. The molecule has 19 heavy (non-hydrogen) atoms. The highest BCUT2D eigenvalue weighted by Gasteiger charge is 2.21. The largest absolute Gasteiger partial charge is 0.454 e. The molecule has 5 nitrogen and oxygen atoms in total. The van der Waals surface area contributed by atoms with Gasteiger partial charge in [0.1, 0.15) is 0 Å². The normalized spacial score (nSPS) is 13.9. The second-order valence-corrected chi connectivity index (χ2v) is 4.77. The average Bonchev–Trinajstić information content (AvgIpc) is 2.82. The highest BCUT2D eigenvalue weighted by atomic mass is 32.1. The van der Waals surface area contributed by atoms with E-state index in [0.717, 1.165) is 6.42 Å². The molecule has 1 aromatic rings. The lowest BCUT2D eigenvalue weighted by Crippen LogP contribution is -2.33. The lowest BCUT2D eigenvalue weighted by Gasteiger charge is -2.14. The fraction of sp³-hybridized carbons (Fsp3) is 0.385. The molecule has 1 amide bonds. The molecule has 0 spiro atoms. The van der Waals surface area contributed by atoms with Crippen LogP contribution in [0.2, 0.25) is 0 Å². The van der Waals surface area contributed by atoms with E-state index in [-0.39, 0.29) is 17.7 Å². The van der Waals surface area contributed by atoms with E-state index in [9.17, 15) is 4.79 Å². The average molecular weight is 280 g/mol. The minimum atomic E-state index is -0.439. The summed E-state index contributed by atoms with van der Waals surface area (Å²) >= 11 is 4.93. The summed E-state index contributed by atoms with van der Waals surface area (Å²) < 4.78 is 10.5. The number of carbonyl (C=O) groups excluding carboxylic acids is 1. The van der Waals surface area contributed by atoms with Gasteiger partial charge in [0.05, 0.1) is 10.9 Å². The summed E-state index contributed by atoms with van der Waals surface area (Å²) in [6, 6.07) is 5.24. The molecular weight excluding hydrogens is 264 g/mol. The summed E-state index contributed by atoms with van der Waals surface area (Å²) in [5, 5.41) is 2.80. The quantitative estimate of drug-likeness (QED) is 0.808. The molecule has 1 atom stereocenters. The number of hydrogen-bond donors (Lipinski definition) is 2. The first kappa shape index (κ1) is 13.6. The second kappa shape index (κ2) is 5.88. The number of rotatable bonds is 5. The summed E-state index contributed by atoms with van der Waals surface area (Å²) in [5.74, 6) is 0.677. The fourth-order valence-electron chi connectivity index (χ4n) is 1.89. The van der Waals surface area contributed by atoms with Crippen LogP contribution in [0.25, 0.3) is 0 Å². The van der Waals surface area contributed by atoms with Crippen molar-refractivity contribution >= 4 is 28.8 Å². The molecule has 1 aliphatic heterocycles. The molecule has 6 heteroatoms. The van der Waals surface area contributed by atoms with E-state index in [1.54, 1.807) is 18.2 Å². The molecule has 1 heterocycles. The van der Waals surface area contributed by atoms with Crippen LogP contribution in [0.15, 0.2) is 18.2 Å². The monoisotopic (exact) mass is 280 g/mol. The number of ether oxygens (including phenoxy) is 2. The van der Waals surface area contributed by atoms with Crippen molar-refractivity contribution in [2.45, 2.75) is 19.8 Å². The van der Waals surface area contributed by atoms with Crippen LogP contribution >= 0.6 is 12.2 Å². The highest BCUT2D eigenvalue weighted by Crippen LogP contribution is 2.34. The van der Waals surface area contributed by atoms with Gasteiger partial charge in [0, 0.05) is 11.8 Å². The maximum atomic E-state index is 12.1. The van der Waals surface area contributed by atoms with Crippen LogP contribution < -0.4 is 20.5 Å². The van der Waals surface area contributed by atoms with Crippen molar-refractivity contribution in [2.75, 3.05) is 12.1 Å². The molecule has 1 aromatic carbocycles. The van der Waals surface area contributed by atoms with Crippen molar-refractivity contribution in [2.24, 2.45) is 11.7 Å². The number of nitrogens with two attached hydrogens (primary N) is 1. The van der Waals surface area contributed by atoms with Crippen molar-refractivity contribution < 1.29 is 14.3 Å². The van der Waals surface area contributed by atoms with Crippen LogP contribution in [0, 0.1) is 5.92 Å². The Morgan fingerprint density at radius 3 is 2.89 bits per heavy atom. The SMILES string of the molecule is CCCC(C(=O)Nc1ccc2c(c1)OCO2)C(N)=S. The zero-order chi connectivity index (χ0) is 13.8. The minimum absolute atomic E-state index is 0.187. The lowest BCUT2D eigenvalue weighted by atomic mass is 10.0. The predicted octanol–water partition coefficient (Wildman–Crippen LogP) is 2.06. The van der Waals surface area contributed by atoms with Gasteiger partial charge in [0.2, 0.25) is 12.7 Å². The van der Waals surface area contributed by atoms with E-state index in [4.69, 9.17) is 27.4 Å². The van der Waals surface area contributed by atoms with E-state index in [1.807, 2.05) is 6.92 Å². The maximum Gasteiger partial charge on any atom is 0.234 e. The molecule has 0 saturated heterocycles. The van der Waals surface area contributed by atoms with E-state index >= 15 is 0 Å². The molecule has 102 valence electrons. The van der Waals surface area contributed by atoms with Crippen molar-refractivity contribution in [3.63, 3.8) is 0 Å². The third-order valence-corrected chi connectivity index (χ3v) is 3.16. The first-order valence-corrected chi connectivity index (χ1v) is 6.52. The predicted molar refractivity (Wildman–Crippen MR) is 76.4 cm³/mol. The molecule has 0 aromatic heterocycles. The standard InChI is InChI=1S/C13H16N2O3S/c1-2-3-9(12(14)19)13(16)15-8-4-5-10-11(6-8)18-7-17-10/h4-6,9H,2-3,7H2,1H3,(H2,14,19)(H,15,16). The van der Waals surface area contributed by atoms with Crippen LogP contribution in [0.1, 0.15) is 19.8 Å². The molecule has 0 saturated carbocycles. The number of amides is 1. The number of anilines is 1. The first-order chi connectivity index (χ1) is 9.11. The Balaban J connectivity index is 2.07. The van der Waals surface area contributed by atoms with Crippen molar-refractivity contribution in [3.05, 3.63) is 18.2 Å². The smallest absolute Gasteiger partial charge is 0.234 e. The molecule has 0 aliphatic carbocycles. The Hall–Kier alpha value is -1.82. The summed E-state index contributed by atoms with van der Waals surface area (Å²) in [5.41, 5.74) is 6.24. The number of thiocarbonyl (C=S) groups is 1. The van der Waals surface area contributed by atoms with E-state index in [1.165, 1.54) is 0 Å². The molecule has 1 aliphatic rings.